The minimum Gasteiger partial charge on any atom is -0.394 e. The van der Waals surface area contributed by atoms with Crippen molar-refractivity contribution in [3.05, 3.63) is 35.7 Å². The number of aromatic nitrogens is 3. The van der Waals surface area contributed by atoms with Gasteiger partial charge in [-0.3, -0.25) is 9.89 Å². The van der Waals surface area contributed by atoms with E-state index < -0.39 is 0 Å². The van der Waals surface area contributed by atoms with Gasteiger partial charge in [-0.25, -0.2) is 4.98 Å². The molecule has 2 aromatic rings. The van der Waals surface area contributed by atoms with E-state index in [0.717, 1.165) is 17.8 Å². The lowest BCUT2D eigenvalue weighted by atomic mass is 10.0. The van der Waals surface area contributed by atoms with E-state index in [2.05, 4.69) is 34.3 Å². The van der Waals surface area contributed by atoms with Crippen LogP contribution in [0.25, 0.3) is 11.4 Å². The molecule has 0 aliphatic carbocycles. The number of aryl methyl sites for hydroxylation is 1. The van der Waals surface area contributed by atoms with Crippen molar-refractivity contribution in [2.75, 3.05) is 6.61 Å². The minimum absolute atomic E-state index is 0.0571. The number of hydrogen-bond donors (Lipinski definition) is 3. The molecule has 1 amide bonds. The summed E-state index contributed by atoms with van der Waals surface area (Å²) in [5, 5.41) is 19.1. The molecule has 0 aliphatic heterocycles. The molecule has 0 spiro atoms. The number of benzene rings is 1. The van der Waals surface area contributed by atoms with E-state index in [4.69, 9.17) is 0 Å². The SMILES string of the molecule is Cc1nc(-c2ccc(C(=O)NC(CO)CC(C)C)cc2)n[nH]1. The van der Waals surface area contributed by atoms with Gasteiger partial charge in [0.2, 0.25) is 0 Å². The first kappa shape index (κ1) is 16.2. The number of carbonyl (C=O) groups excluding carboxylic acids is 1. The molecule has 1 unspecified atom stereocenters. The van der Waals surface area contributed by atoms with E-state index in [-0.39, 0.29) is 18.6 Å². The lowest BCUT2D eigenvalue weighted by Crippen LogP contribution is -2.38. The summed E-state index contributed by atoms with van der Waals surface area (Å²) in [5.74, 6) is 1.58. The summed E-state index contributed by atoms with van der Waals surface area (Å²) in [5.41, 5.74) is 1.40. The van der Waals surface area contributed by atoms with Crippen molar-refractivity contribution in [3.63, 3.8) is 0 Å². The van der Waals surface area contributed by atoms with Crippen LogP contribution in [0.5, 0.6) is 0 Å². The van der Waals surface area contributed by atoms with E-state index in [0.29, 0.717) is 17.3 Å². The number of aromatic amines is 1. The molecular formula is C16H22N4O2. The second-order valence-electron chi connectivity index (χ2n) is 5.80. The predicted octanol–water partition coefficient (Wildman–Crippen LogP) is 1.92. The van der Waals surface area contributed by atoms with Crippen molar-refractivity contribution < 1.29 is 9.90 Å². The zero-order valence-corrected chi connectivity index (χ0v) is 13.1. The van der Waals surface area contributed by atoms with E-state index in [1.807, 2.05) is 19.1 Å². The second-order valence-corrected chi connectivity index (χ2v) is 5.80. The fourth-order valence-corrected chi connectivity index (χ4v) is 2.26. The average Bonchev–Trinajstić information content (AvgIpc) is 2.92. The largest absolute Gasteiger partial charge is 0.394 e. The van der Waals surface area contributed by atoms with Crippen LogP contribution in [0.15, 0.2) is 24.3 Å². The Bertz CT molecular complexity index is 619. The van der Waals surface area contributed by atoms with Gasteiger partial charge in [-0.1, -0.05) is 26.0 Å². The number of aliphatic hydroxyl groups is 1. The lowest BCUT2D eigenvalue weighted by Gasteiger charge is -2.18. The number of nitrogens with one attached hydrogen (secondary N) is 2. The number of aliphatic hydroxyl groups excluding tert-OH is 1. The summed E-state index contributed by atoms with van der Waals surface area (Å²) in [4.78, 5) is 16.4. The first-order valence-corrected chi connectivity index (χ1v) is 7.40. The normalized spacial score (nSPS) is 12.4. The Hall–Kier alpha value is -2.21. The third-order valence-electron chi connectivity index (χ3n) is 3.31. The first-order chi connectivity index (χ1) is 10.5. The molecule has 6 nitrogen and oxygen atoms in total. The van der Waals surface area contributed by atoms with E-state index in [1.54, 1.807) is 12.1 Å². The van der Waals surface area contributed by atoms with Crippen LogP contribution >= 0.6 is 0 Å². The molecule has 0 saturated heterocycles. The van der Waals surface area contributed by atoms with Gasteiger partial charge in [0, 0.05) is 11.1 Å². The van der Waals surface area contributed by atoms with Gasteiger partial charge in [-0.05, 0) is 31.4 Å². The highest BCUT2D eigenvalue weighted by Gasteiger charge is 2.14. The highest BCUT2D eigenvalue weighted by atomic mass is 16.3. The first-order valence-electron chi connectivity index (χ1n) is 7.40. The molecule has 3 N–H and O–H groups in total. The topological polar surface area (TPSA) is 90.9 Å². The van der Waals surface area contributed by atoms with Gasteiger partial charge in [-0.15, -0.1) is 0 Å². The summed E-state index contributed by atoms with van der Waals surface area (Å²) < 4.78 is 0. The monoisotopic (exact) mass is 302 g/mol. The fraction of sp³-hybridized carbons (Fsp3) is 0.438. The number of nitrogens with zero attached hydrogens (tertiary/aromatic N) is 2. The highest BCUT2D eigenvalue weighted by Crippen LogP contribution is 2.15. The van der Waals surface area contributed by atoms with Crippen molar-refractivity contribution in [2.24, 2.45) is 5.92 Å². The smallest absolute Gasteiger partial charge is 0.251 e. The predicted molar refractivity (Wildman–Crippen MR) is 84.4 cm³/mol. The molecule has 6 heteroatoms. The summed E-state index contributed by atoms with van der Waals surface area (Å²) in [7, 11) is 0. The third kappa shape index (κ3) is 4.14. The minimum atomic E-state index is -0.220. The van der Waals surface area contributed by atoms with Crippen LogP contribution in [0.3, 0.4) is 0 Å². The van der Waals surface area contributed by atoms with Crippen molar-refractivity contribution in [2.45, 2.75) is 33.2 Å². The molecule has 0 aliphatic rings. The van der Waals surface area contributed by atoms with Crippen molar-refractivity contribution >= 4 is 5.91 Å². The summed E-state index contributed by atoms with van der Waals surface area (Å²) in [6.45, 7) is 5.89. The lowest BCUT2D eigenvalue weighted by molar-refractivity contribution is 0.0908. The van der Waals surface area contributed by atoms with Gasteiger partial charge in [-0.2, -0.15) is 5.10 Å². The van der Waals surface area contributed by atoms with E-state index in [1.165, 1.54) is 0 Å². The van der Waals surface area contributed by atoms with Gasteiger partial charge in [0.1, 0.15) is 5.82 Å². The number of hydrogen-bond acceptors (Lipinski definition) is 4. The molecule has 1 aromatic heterocycles. The molecule has 118 valence electrons. The van der Waals surface area contributed by atoms with Crippen molar-refractivity contribution in [3.8, 4) is 11.4 Å². The Morgan fingerprint density at radius 2 is 2.00 bits per heavy atom. The van der Waals surface area contributed by atoms with Crippen LogP contribution in [0.2, 0.25) is 0 Å². The summed E-state index contributed by atoms with van der Waals surface area (Å²) in [6, 6.07) is 6.88. The maximum absolute atomic E-state index is 12.2. The van der Waals surface area contributed by atoms with Crippen LogP contribution in [0.4, 0.5) is 0 Å². The molecular weight excluding hydrogens is 280 g/mol. The zero-order valence-electron chi connectivity index (χ0n) is 13.1. The molecule has 0 saturated carbocycles. The Labute approximate surface area is 130 Å². The molecule has 1 aromatic carbocycles. The van der Waals surface area contributed by atoms with Gasteiger partial charge in [0.15, 0.2) is 5.82 Å². The molecule has 22 heavy (non-hydrogen) atoms. The van der Waals surface area contributed by atoms with Gasteiger partial charge in [0.05, 0.1) is 12.6 Å². The molecule has 1 atom stereocenters. The van der Waals surface area contributed by atoms with Crippen LogP contribution in [0.1, 0.15) is 36.5 Å². The van der Waals surface area contributed by atoms with Crippen LogP contribution in [0, 0.1) is 12.8 Å². The van der Waals surface area contributed by atoms with Crippen molar-refractivity contribution in [1.29, 1.82) is 0 Å². The average molecular weight is 302 g/mol. The molecule has 2 rings (SSSR count). The molecule has 0 radical (unpaired) electrons. The number of carbonyl (C=O) groups is 1. The number of amides is 1. The number of H-pyrrole nitrogens is 1. The summed E-state index contributed by atoms with van der Waals surface area (Å²) >= 11 is 0. The van der Waals surface area contributed by atoms with Crippen LogP contribution in [-0.2, 0) is 0 Å². The number of rotatable bonds is 6. The summed E-state index contributed by atoms with van der Waals surface area (Å²) in [6.07, 6.45) is 0.747. The molecule has 1 heterocycles. The Morgan fingerprint density at radius 3 is 2.50 bits per heavy atom. The maximum atomic E-state index is 12.2. The second kappa shape index (κ2) is 7.17. The standard InChI is InChI=1S/C16H22N4O2/c1-10(2)8-14(9-21)18-16(22)13-6-4-12(5-7-13)15-17-11(3)19-20-15/h4-7,10,14,21H,8-9H2,1-3H3,(H,18,22)(H,17,19,20). The zero-order chi connectivity index (χ0) is 16.1. The Kier molecular flexibility index (Phi) is 5.27. The Balaban J connectivity index is 2.04. The van der Waals surface area contributed by atoms with Crippen LogP contribution < -0.4 is 5.32 Å². The maximum Gasteiger partial charge on any atom is 0.251 e. The highest BCUT2D eigenvalue weighted by molar-refractivity contribution is 5.94. The van der Waals surface area contributed by atoms with Crippen LogP contribution in [-0.4, -0.2) is 38.8 Å². The van der Waals surface area contributed by atoms with E-state index >= 15 is 0 Å². The van der Waals surface area contributed by atoms with E-state index in [9.17, 15) is 9.90 Å². The van der Waals surface area contributed by atoms with Gasteiger partial charge < -0.3 is 10.4 Å². The van der Waals surface area contributed by atoms with Gasteiger partial charge in [0.25, 0.3) is 5.91 Å². The molecule has 0 bridgehead atoms. The quantitative estimate of drug-likeness (QED) is 0.760. The fourth-order valence-electron chi connectivity index (χ4n) is 2.26. The van der Waals surface area contributed by atoms with Gasteiger partial charge >= 0.3 is 0 Å². The molecule has 0 fully saturated rings. The van der Waals surface area contributed by atoms with Crippen molar-refractivity contribution in [1.82, 2.24) is 20.5 Å². The Morgan fingerprint density at radius 1 is 1.32 bits per heavy atom. The third-order valence-corrected chi connectivity index (χ3v) is 3.31.